The van der Waals surface area contributed by atoms with Crippen molar-refractivity contribution in [3.8, 4) is 11.9 Å². The molecule has 0 amide bonds. The van der Waals surface area contributed by atoms with Crippen LogP contribution in [-0.2, 0) is 17.9 Å². The minimum atomic E-state index is -4.23. The molecule has 0 atom stereocenters. The average molecular weight is 622 g/mol. The Hall–Kier alpha value is -4.50. The zero-order valence-electron chi connectivity index (χ0n) is 24.6. The number of rotatable bonds is 8. The number of imidazole rings is 1. The Morgan fingerprint density at radius 3 is 2.53 bits per heavy atom. The van der Waals surface area contributed by atoms with E-state index in [0.717, 1.165) is 31.6 Å². The van der Waals surface area contributed by atoms with E-state index in [0.29, 0.717) is 40.4 Å². The molecule has 45 heavy (non-hydrogen) atoms. The van der Waals surface area contributed by atoms with Gasteiger partial charge < -0.3 is 14.0 Å². The fraction of sp³-hybridized carbons (Fsp3) is 0.394. The zero-order chi connectivity index (χ0) is 31.7. The number of halogens is 4. The number of fused-ring (bicyclic) bond motifs is 1. The van der Waals surface area contributed by atoms with E-state index in [2.05, 4.69) is 9.88 Å². The number of pyridine rings is 1. The molecule has 0 N–H and O–H groups in total. The number of esters is 1. The van der Waals surface area contributed by atoms with Crippen LogP contribution in [0.4, 0.5) is 17.6 Å². The summed E-state index contributed by atoms with van der Waals surface area (Å²) < 4.78 is 66.8. The van der Waals surface area contributed by atoms with E-state index < -0.39 is 23.9 Å². The standard InChI is InChI=1S/C33H31F4N5O3/c1-44-32(43)22-7-8-28-29(14-22)42(25-15-24(16-25)33(35,36)37)30(39-28)18-41-11-9-21(10-12-41)27-3-2-4-31(40-27)45-19-23-6-5-20(17-38)13-26(23)34/h2-8,13-14,21,24-25H,9-12,15-16,18-19H2,1H3. The van der Waals surface area contributed by atoms with Gasteiger partial charge >= 0.3 is 12.1 Å². The van der Waals surface area contributed by atoms with Gasteiger partial charge in [-0.05, 0) is 75.2 Å². The molecule has 2 aromatic heterocycles. The summed E-state index contributed by atoms with van der Waals surface area (Å²) >= 11 is 0. The first kappa shape index (κ1) is 30.5. The maximum atomic E-state index is 14.3. The van der Waals surface area contributed by atoms with Gasteiger partial charge in [0.05, 0.1) is 47.8 Å². The first-order chi connectivity index (χ1) is 21.6. The van der Waals surface area contributed by atoms with Gasteiger partial charge in [0.2, 0.25) is 5.88 Å². The van der Waals surface area contributed by atoms with Crippen molar-refractivity contribution in [2.75, 3.05) is 20.2 Å². The third-order valence-electron chi connectivity index (χ3n) is 8.80. The third kappa shape index (κ3) is 6.49. The molecule has 2 aliphatic rings. The zero-order valence-corrected chi connectivity index (χ0v) is 24.6. The van der Waals surface area contributed by atoms with Gasteiger partial charge in [0.25, 0.3) is 0 Å². The normalized spacial score (nSPS) is 19.2. The van der Waals surface area contributed by atoms with E-state index in [4.69, 9.17) is 19.7 Å². The molecule has 12 heteroatoms. The van der Waals surface area contributed by atoms with Gasteiger partial charge in [-0.25, -0.2) is 19.2 Å². The van der Waals surface area contributed by atoms with Crippen LogP contribution in [0.25, 0.3) is 11.0 Å². The fourth-order valence-corrected chi connectivity index (χ4v) is 6.18. The first-order valence-corrected chi connectivity index (χ1v) is 14.8. The van der Waals surface area contributed by atoms with Gasteiger partial charge in [-0.15, -0.1) is 0 Å². The van der Waals surface area contributed by atoms with E-state index >= 15 is 0 Å². The Kier molecular flexibility index (Phi) is 8.46. The Balaban J connectivity index is 1.13. The first-order valence-electron chi connectivity index (χ1n) is 14.8. The summed E-state index contributed by atoms with van der Waals surface area (Å²) in [5, 5.41) is 8.94. The largest absolute Gasteiger partial charge is 0.473 e. The van der Waals surface area contributed by atoms with E-state index in [1.165, 1.54) is 19.2 Å². The molecular formula is C33H31F4N5O3. The number of carbonyl (C=O) groups excluding carboxylic acids is 1. The van der Waals surface area contributed by atoms with Crippen LogP contribution in [0.5, 0.6) is 5.88 Å². The Bertz CT molecular complexity index is 1750. The van der Waals surface area contributed by atoms with Crippen molar-refractivity contribution in [2.24, 2.45) is 5.92 Å². The summed E-state index contributed by atoms with van der Waals surface area (Å²) in [4.78, 5) is 23.9. The second kappa shape index (κ2) is 12.5. The van der Waals surface area contributed by atoms with Crippen molar-refractivity contribution in [2.45, 2.75) is 57.0 Å². The lowest BCUT2D eigenvalue weighted by atomic mass is 9.79. The number of alkyl halides is 3. The molecule has 4 aromatic rings. The molecule has 0 spiro atoms. The van der Waals surface area contributed by atoms with Crippen molar-refractivity contribution in [3.63, 3.8) is 0 Å². The number of carbonyl (C=O) groups is 1. The molecule has 0 radical (unpaired) electrons. The lowest BCUT2D eigenvalue weighted by Gasteiger charge is -2.39. The number of piperidine rings is 1. The van der Waals surface area contributed by atoms with Gasteiger partial charge in [-0.2, -0.15) is 18.4 Å². The number of methoxy groups -OCH3 is 1. The predicted molar refractivity (Wildman–Crippen MR) is 156 cm³/mol. The fourth-order valence-electron chi connectivity index (χ4n) is 6.18. The molecule has 2 fully saturated rings. The summed E-state index contributed by atoms with van der Waals surface area (Å²) in [7, 11) is 1.29. The Labute approximate surface area is 257 Å². The van der Waals surface area contributed by atoms with Crippen LogP contribution in [0.15, 0.2) is 54.6 Å². The number of ether oxygens (including phenoxy) is 2. The number of hydrogen-bond acceptors (Lipinski definition) is 7. The van der Waals surface area contributed by atoms with Crippen LogP contribution in [0.3, 0.4) is 0 Å². The van der Waals surface area contributed by atoms with Crippen molar-refractivity contribution >= 4 is 17.0 Å². The monoisotopic (exact) mass is 621 g/mol. The number of likely N-dealkylation sites (tertiary alicyclic amines) is 1. The van der Waals surface area contributed by atoms with Crippen LogP contribution in [0, 0.1) is 23.1 Å². The number of nitrogens with zero attached hydrogens (tertiary/aromatic N) is 5. The van der Waals surface area contributed by atoms with Gasteiger partial charge in [0.1, 0.15) is 18.2 Å². The maximum Gasteiger partial charge on any atom is 0.391 e. The Morgan fingerprint density at radius 2 is 1.84 bits per heavy atom. The summed E-state index contributed by atoms with van der Waals surface area (Å²) in [6.07, 6.45) is -2.65. The average Bonchev–Trinajstić information content (AvgIpc) is 3.35. The van der Waals surface area contributed by atoms with E-state index in [1.54, 1.807) is 30.3 Å². The molecule has 0 unspecified atom stereocenters. The molecule has 1 saturated carbocycles. The molecule has 3 heterocycles. The summed E-state index contributed by atoms with van der Waals surface area (Å²) in [5.41, 5.74) is 3.04. The molecule has 1 aliphatic heterocycles. The second-order valence-corrected chi connectivity index (χ2v) is 11.6. The molecule has 1 saturated heterocycles. The smallest absolute Gasteiger partial charge is 0.391 e. The topological polar surface area (TPSA) is 93.3 Å². The summed E-state index contributed by atoms with van der Waals surface area (Å²) in [6.45, 7) is 1.93. The van der Waals surface area contributed by atoms with Gasteiger partial charge in [-0.3, -0.25) is 4.90 Å². The predicted octanol–water partition coefficient (Wildman–Crippen LogP) is 6.70. The van der Waals surface area contributed by atoms with Crippen LogP contribution in [0.2, 0.25) is 0 Å². The summed E-state index contributed by atoms with van der Waals surface area (Å²) in [6, 6.07) is 16.3. The highest BCUT2D eigenvalue weighted by Crippen LogP contribution is 2.48. The highest BCUT2D eigenvalue weighted by Gasteiger charge is 2.49. The quantitative estimate of drug-likeness (QED) is 0.160. The minimum Gasteiger partial charge on any atom is -0.473 e. The van der Waals surface area contributed by atoms with Gasteiger partial charge in [-0.1, -0.05) is 12.1 Å². The Morgan fingerprint density at radius 1 is 1.07 bits per heavy atom. The lowest BCUT2D eigenvalue weighted by molar-refractivity contribution is -0.202. The maximum absolute atomic E-state index is 14.3. The van der Waals surface area contributed by atoms with Crippen molar-refractivity contribution in [1.29, 1.82) is 5.26 Å². The number of hydrogen-bond donors (Lipinski definition) is 0. The van der Waals surface area contributed by atoms with E-state index in [-0.39, 0.29) is 37.0 Å². The molecule has 6 rings (SSSR count). The molecular weight excluding hydrogens is 590 g/mol. The van der Waals surface area contributed by atoms with Gasteiger partial charge in [0.15, 0.2) is 0 Å². The molecule has 0 bridgehead atoms. The number of aromatic nitrogens is 3. The minimum absolute atomic E-state index is 0.0146. The number of nitriles is 1. The van der Waals surface area contributed by atoms with E-state index in [9.17, 15) is 22.4 Å². The van der Waals surface area contributed by atoms with Crippen LogP contribution < -0.4 is 4.74 Å². The second-order valence-electron chi connectivity index (χ2n) is 11.6. The molecule has 234 valence electrons. The van der Waals surface area contributed by atoms with Crippen LogP contribution >= 0.6 is 0 Å². The lowest BCUT2D eigenvalue weighted by Crippen LogP contribution is -2.38. The van der Waals surface area contributed by atoms with E-state index in [1.807, 2.05) is 22.8 Å². The highest BCUT2D eigenvalue weighted by atomic mass is 19.4. The molecule has 2 aromatic carbocycles. The molecule has 1 aliphatic carbocycles. The van der Waals surface area contributed by atoms with Crippen LogP contribution in [-0.4, -0.2) is 51.8 Å². The van der Waals surface area contributed by atoms with Crippen molar-refractivity contribution in [1.82, 2.24) is 19.4 Å². The number of benzene rings is 2. The summed E-state index contributed by atoms with van der Waals surface area (Å²) in [5.74, 6) is -1.12. The van der Waals surface area contributed by atoms with Crippen molar-refractivity contribution < 1.29 is 31.8 Å². The van der Waals surface area contributed by atoms with Gasteiger partial charge in [0, 0.05) is 29.3 Å². The van der Waals surface area contributed by atoms with Crippen LogP contribution in [0.1, 0.15) is 70.6 Å². The molecule has 8 nitrogen and oxygen atoms in total. The van der Waals surface area contributed by atoms with Crippen molar-refractivity contribution in [3.05, 3.63) is 88.6 Å². The SMILES string of the molecule is COC(=O)c1ccc2nc(CN3CCC(c4cccc(OCc5ccc(C#N)cc5F)n4)CC3)n(C3CC(C(F)(F)F)C3)c2c1. The highest BCUT2D eigenvalue weighted by molar-refractivity contribution is 5.93. The third-order valence-corrected chi connectivity index (χ3v) is 8.80.